The van der Waals surface area contributed by atoms with Crippen molar-refractivity contribution < 1.29 is 32.6 Å². The predicted molar refractivity (Wildman–Crippen MR) is 140 cm³/mol. The molecule has 2 N–H and O–H groups in total. The van der Waals surface area contributed by atoms with E-state index in [2.05, 4.69) is 15.6 Å². The van der Waals surface area contributed by atoms with Crippen LogP contribution >= 0.6 is 11.6 Å². The molecule has 1 heterocycles. The van der Waals surface area contributed by atoms with Crippen molar-refractivity contribution in [1.82, 2.24) is 4.98 Å². The maximum Gasteiger partial charge on any atom is 0.278 e. The van der Waals surface area contributed by atoms with Crippen molar-refractivity contribution in [2.24, 2.45) is 0 Å². The second-order valence-electron chi connectivity index (χ2n) is 7.92. The third kappa shape index (κ3) is 5.70. The molecule has 0 radical (unpaired) electrons. The highest BCUT2D eigenvalue weighted by Gasteiger charge is 2.23. The first-order valence-electron chi connectivity index (χ1n) is 11.2. The van der Waals surface area contributed by atoms with Gasteiger partial charge in [-0.25, -0.2) is 9.37 Å². The van der Waals surface area contributed by atoms with E-state index in [0.717, 1.165) is 6.39 Å². The van der Waals surface area contributed by atoms with E-state index in [4.69, 9.17) is 30.2 Å². The number of aromatic nitrogens is 1. The van der Waals surface area contributed by atoms with Crippen molar-refractivity contribution in [2.75, 3.05) is 32.0 Å². The van der Waals surface area contributed by atoms with Crippen LogP contribution in [0.4, 0.5) is 15.8 Å². The Hall–Kier alpha value is -4.57. The monoisotopic (exact) mass is 539 g/mol. The molecule has 4 aromatic rings. The molecule has 38 heavy (non-hydrogen) atoms. The number of benzene rings is 3. The van der Waals surface area contributed by atoms with Crippen LogP contribution in [0.5, 0.6) is 17.2 Å². The van der Waals surface area contributed by atoms with Gasteiger partial charge in [-0.15, -0.1) is 0 Å². The predicted octanol–water partition coefficient (Wildman–Crippen LogP) is 5.59. The molecule has 0 atom stereocenters. The van der Waals surface area contributed by atoms with Gasteiger partial charge in [0.15, 0.2) is 29.3 Å². The first-order chi connectivity index (χ1) is 18.3. The average molecular weight is 540 g/mol. The maximum atomic E-state index is 14.4. The number of oxazole rings is 1. The van der Waals surface area contributed by atoms with E-state index < -0.39 is 11.7 Å². The lowest BCUT2D eigenvalue weighted by atomic mass is 10.1. The van der Waals surface area contributed by atoms with Crippen molar-refractivity contribution >= 4 is 34.8 Å². The number of halogens is 2. The van der Waals surface area contributed by atoms with Crippen molar-refractivity contribution in [2.45, 2.75) is 6.42 Å². The smallest absolute Gasteiger partial charge is 0.278 e. The molecular weight excluding hydrogens is 517 g/mol. The number of anilines is 2. The van der Waals surface area contributed by atoms with Crippen LogP contribution in [0.2, 0.25) is 5.02 Å². The fraction of sp³-hybridized carbons (Fsp3) is 0.148. The topological polar surface area (TPSA) is 112 Å². The van der Waals surface area contributed by atoms with Gasteiger partial charge in [0.25, 0.3) is 5.91 Å². The van der Waals surface area contributed by atoms with E-state index in [1.165, 1.54) is 39.5 Å². The van der Waals surface area contributed by atoms with E-state index in [9.17, 15) is 14.0 Å². The van der Waals surface area contributed by atoms with Crippen LogP contribution in [-0.2, 0) is 11.2 Å². The second-order valence-corrected chi connectivity index (χ2v) is 8.33. The third-order valence-corrected chi connectivity index (χ3v) is 5.79. The molecule has 0 saturated heterocycles. The number of rotatable bonds is 9. The molecular formula is C27H23ClFN3O6. The van der Waals surface area contributed by atoms with Crippen LogP contribution in [0.3, 0.4) is 0 Å². The van der Waals surface area contributed by atoms with Crippen molar-refractivity contribution in [3.05, 3.63) is 83.1 Å². The first-order valence-corrected chi connectivity index (χ1v) is 11.6. The number of nitrogens with one attached hydrogen (secondary N) is 2. The average Bonchev–Trinajstić information content (AvgIpc) is 3.37. The van der Waals surface area contributed by atoms with E-state index >= 15 is 0 Å². The number of hydrogen-bond acceptors (Lipinski definition) is 7. The first kappa shape index (κ1) is 26.5. The van der Waals surface area contributed by atoms with Crippen LogP contribution in [0, 0.1) is 5.82 Å². The van der Waals surface area contributed by atoms with Crippen LogP contribution in [0.15, 0.2) is 65.4 Å². The number of carbonyl (C=O) groups is 2. The summed E-state index contributed by atoms with van der Waals surface area (Å²) in [4.78, 5) is 29.6. The minimum absolute atomic E-state index is 0.0143. The molecule has 3 aromatic carbocycles. The van der Waals surface area contributed by atoms with Gasteiger partial charge in [-0.1, -0.05) is 29.8 Å². The molecule has 0 aliphatic rings. The fourth-order valence-electron chi connectivity index (χ4n) is 3.79. The van der Waals surface area contributed by atoms with Crippen molar-refractivity contribution in [1.29, 1.82) is 0 Å². The second kappa shape index (κ2) is 11.7. The minimum atomic E-state index is -0.650. The molecule has 0 saturated carbocycles. The molecule has 2 amide bonds. The van der Waals surface area contributed by atoms with Gasteiger partial charge in [-0.05, 0) is 29.8 Å². The number of amides is 2. The Morgan fingerprint density at radius 3 is 2.32 bits per heavy atom. The largest absolute Gasteiger partial charge is 0.493 e. The molecule has 196 valence electrons. The molecule has 0 bridgehead atoms. The Kier molecular flexibility index (Phi) is 8.12. The Bertz CT molecular complexity index is 1440. The van der Waals surface area contributed by atoms with Gasteiger partial charge in [0, 0.05) is 23.5 Å². The fourth-order valence-corrected chi connectivity index (χ4v) is 4.04. The highest BCUT2D eigenvalue weighted by atomic mass is 35.5. The van der Waals surface area contributed by atoms with Crippen LogP contribution in [0.25, 0.3) is 11.3 Å². The highest BCUT2D eigenvalue weighted by molar-refractivity contribution is 6.33. The SMILES string of the molecule is COc1cc(NC(=O)Cc2cccc(NC(=O)c3ncoc3-c3c(F)cccc3Cl)c2)cc(OC)c1OC. The molecule has 11 heteroatoms. The molecule has 9 nitrogen and oxygen atoms in total. The zero-order valence-electron chi connectivity index (χ0n) is 20.6. The summed E-state index contributed by atoms with van der Waals surface area (Å²) in [6, 6.07) is 14.1. The van der Waals surface area contributed by atoms with Crippen LogP contribution in [-0.4, -0.2) is 38.1 Å². The van der Waals surface area contributed by atoms with Gasteiger partial charge in [-0.2, -0.15) is 0 Å². The van der Waals surface area contributed by atoms with E-state index in [0.29, 0.717) is 34.2 Å². The summed E-state index contributed by atoms with van der Waals surface area (Å²) in [7, 11) is 4.45. The minimum Gasteiger partial charge on any atom is -0.493 e. The van der Waals surface area contributed by atoms with Gasteiger partial charge in [0.2, 0.25) is 11.7 Å². The maximum absolute atomic E-state index is 14.4. The quantitative estimate of drug-likeness (QED) is 0.285. The lowest BCUT2D eigenvalue weighted by molar-refractivity contribution is -0.115. The van der Waals surface area contributed by atoms with E-state index in [1.807, 2.05) is 0 Å². The summed E-state index contributed by atoms with van der Waals surface area (Å²) in [6.45, 7) is 0. The Morgan fingerprint density at radius 1 is 0.947 bits per heavy atom. The number of carbonyl (C=O) groups excluding carboxylic acids is 2. The molecule has 1 aromatic heterocycles. The van der Waals surface area contributed by atoms with Crippen molar-refractivity contribution in [3.63, 3.8) is 0 Å². The lowest BCUT2D eigenvalue weighted by Crippen LogP contribution is -2.16. The van der Waals surface area contributed by atoms with Crippen molar-refractivity contribution in [3.8, 4) is 28.6 Å². The van der Waals surface area contributed by atoms with Crippen LogP contribution < -0.4 is 24.8 Å². The highest BCUT2D eigenvalue weighted by Crippen LogP contribution is 2.40. The molecule has 0 aliphatic heterocycles. The lowest BCUT2D eigenvalue weighted by Gasteiger charge is -2.14. The molecule has 0 fully saturated rings. The summed E-state index contributed by atoms with van der Waals surface area (Å²) in [6.07, 6.45) is 1.05. The molecule has 0 spiro atoms. The number of methoxy groups -OCH3 is 3. The number of nitrogens with zero attached hydrogens (tertiary/aromatic N) is 1. The number of hydrogen-bond donors (Lipinski definition) is 2. The summed E-state index contributed by atoms with van der Waals surface area (Å²) in [5.41, 5.74) is 1.29. The summed E-state index contributed by atoms with van der Waals surface area (Å²) in [5.74, 6) is -0.479. The Labute approximate surface area is 222 Å². The normalized spacial score (nSPS) is 10.6. The zero-order chi connectivity index (χ0) is 27.2. The van der Waals surface area contributed by atoms with Gasteiger partial charge < -0.3 is 29.3 Å². The Morgan fingerprint density at radius 2 is 1.66 bits per heavy atom. The molecule has 4 rings (SSSR count). The van der Waals surface area contributed by atoms with E-state index in [1.54, 1.807) is 36.4 Å². The van der Waals surface area contributed by atoms with Gasteiger partial charge in [-0.3, -0.25) is 9.59 Å². The zero-order valence-corrected chi connectivity index (χ0v) is 21.4. The number of ether oxygens (including phenoxy) is 3. The van der Waals surface area contributed by atoms with Crippen LogP contribution in [0.1, 0.15) is 16.1 Å². The third-order valence-electron chi connectivity index (χ3n) is 5.47. The van der Waals surface area contributed by atoms with E-state index in [-0.39, 0.29) is 34.4 Å². The van der Waals surface area contributed by atoms with Gasteiger partial charge in [0.05, 0.1) is 38.3 Å². The van der Waals surface area contributed by atoms with Gasteiger partial charge >= 0.3 is 0 Å². The summed E-state index contributed by atoms with van der Waals surface area (Å²) < 4.78 is 35.6. The molecule has 0 aliphatic carbocycles. The Balaban J connectivity index is 1.47. The standard InChI is InChI=1S/C27H23ClFN3O6/c1-35-20-12-17(13-21(36-2)25(20)37-3)31-22(33)11-15-6-4-7-16(10-15)32-27(34)24-26(38-14-30-24)23-18(28)8-5-9-19(23)29/h4-10,12-14H,11H2,1-3H3,(H,31,33)(H,32,34). The molecule has 0 unspecified atom stereocenters. The summed E-state index contributed by atoms with van der Waals surface area (Å²) >= 11 is 6.12. The summed E-state index contributed by atoms with van der Waals surface area (Å²) in [5, 5.41) is 5.57. The van der Waals surface area contributed by atoms with Gasteiger partial charge in [0.1, 0.15) is 5.82 Å².